The normalized spacial score (nSPS) is 24.6. The number of hydrogen-bond acceptors (Lipinski definition) is 27. The number of primary amides is 1. The lowest BCUT2D eigenvalue weighted by atomic mass is 9.96. The molecule has 36 heteroatoms. The van der Waals surface area contributed by atoms with Gasteiger partial charge in [0.2, 0.25) is 35.4 Å². The second kappa shape index (κ2) is 34.0. The first-order valence-electron chi connectivity index (χ1n) is 25.9. The molecular weight excluding hydrogens is 1150 g/mol. The maximum Gasteiger partial charge on any atom is 0.305 e. The first-order chi connectivity index (χ1) is 39.4. The summed E-state index contributed by atoms with van der Waals surface area (Å²) < 4.78 is 57.3. The zero-order valence-electron chi connectivity index (χ0n) is 46.9. The minimum Gasteiger partial charge on any atom is -0.481 e. The number of amides is 6. The fraction of sp³-hybridized carbons (Fsp3) is 0.688. The lowest BCUT2D eigenvalue weighted by Crippen LogP contribution is -2.67. The van der Waals surface area contributed by atoms with E-state index in [4.69, 9.17) is 70.3 Å². The molecule has 35 nitrogen and oxygen atoms in total. The molecule has 0 unspecified atom stereocenters. The summed E-state index contributed by atoms with van der Waals surface area (Å²) in [5.41, 5.74) is 20.1. The number of rotatable bonds is 30. The van der Waals surface area contributed by atoms with Crippen LogP contribution in [0.5, 0.6) is 0 Å². The van der Waals surface area contributed by atoms with Crippen LogP contribution in [-0.2, 0) is 114 Å². The highest BCUT2D eigenvalue weighted by Gasteiger charge is 2.58. The summed E-state index contributed by atoms with van der Waals surface area (Å²) in [6.07, 6.45) is -16.8. The van der Waals surface area contributed by atoms with Gasteiger partial charge in [-0.25, -0.2) is 0 Å². The number of ether oxygens (including phenoxy) is 10. The molecule has 0 bridgehead atoms. The Kier molecular flexibility index (Phi) is 28.4. The lowest BCUT2D eigenvalue weighted by molar-refractivity contribution is -0.341. The van der Waals surface area contributed by atoms with Crippen molar-refractivity contribution >= 4 is 101 Å². The minimum atomic E-state index is -2.01. The molecule has 3 saturated heterocycles. The quantitative estimate of drug-likeness (QED) is 0.0106. The number of thioether (sulfide) groups is 1. The van der Waals surface area contributed by atoms with Crippen LogP contribution in [0.4, 0.5) is 0 Å². The van der Waals surface area contributed by atoms with E-state index in [1.165, 1.54) is 0 Å². The summed E-state index contributed by atoms with van der Waals surface area (Å²) >= 11 is 0.582. The summed E-state index contributed by atoms with van der Waals surface area (Å²) in [6.45, 7) is 3.88. The van der Waals surface area contributed by atoms with Gasteiger partial charge in [0.1, 0.15) is 61.1 Å². The number of aliphatic carboxylic acids is 1. The number of carbonyl (C=O) groups excluding carboxylic acids is 13. The van der Waals surface area contributed by atoms with Crippen LogP contribution in [0, 0.1) is 0 Å². The second-order valence-electron chi connectivity index (χ2n) is 18.9. The molecule has 84 heavy (non-hydrogen) atoms. The highest BCUT2D eigenvalue weighted by Crippen LogP contribution is 2.38. The minimum absolute atomic E-state index is 0.0335. The van der Waals surface area contributed by atoms with E-state index in [1.54, 1.807) is 0 Å². The number of nitrogens with zero attached hydrogens (tertiary/aromatic N) is 2. The van der Waals surface area contributed by atoms with Crippen molar-refractivity contribution in [1.29, 1.82) is 0 Å². The molecule has 6 amide bonds. The van der Waals surface area contributed by atoms with Gasteiger partial charge in [-0.2, -0.15) is 0 Å². The molecule has 0 aromatic carbocycles. The predicted octanol–water partition coefficient (Wildman–Crippen LogP) is -6.13. The van der Waals surface area contributed by atoms with E-state index in [0.717, 1.165) is 53.4 Å². The highest BCUT2D eigenvalue weighted by atomic mass is 32.2. The van der Waals surface area contributed by atoms with Gasteiger partial charge in [0, 0.05) is 67.3 Å². The monoisotopic (exact) mass is 1220 g/mol. The molecule has 0 aromatic heterocycles. The fourth-order valence-electron chi connectivity index (χ4n) is 8.72. The Morgan fingerprint density at radius 3 is 1.68 bits per heavy atom. The zero-order chi connectivity index (χ0) is 63.1. The first-order valence-corrected chi connectivity index (χ1v) is 26.9. The lowest BCUT2D eigenvalue weighted by Gasteiger charge is -2.48. The molecule has 3 fully saturated rings. The standard InChI is InChI=1S/C48H72N10O25S/c1-20(59)74-17-31-36(76-22(3)61)38(77-23(4)62)40(79-25(6)64)46(81-31)83-37-32(18-75-21(2)60)82-47(41(80-26(7)65)39(37)78-24(5)63)84-19-29(45(73)58-13-9-11-30(58)42(50)70)57-44(72)28(14-35(68)69)56-34(67)16-54-43(71)27(55-33(66)15-49)10-8-12-53-48(51)52/h27-32,36-41,46-47H,8-19,49H2,1-7H3,(H2,50,70)(H,54,71)(H,55,66)(H,56,67)(H,57,72)(H,68,69)(H4,51,52,53)/t27-,28-,29-,30-,31+,32+,36-,37+,38-,39-,40+,41+,46-,47-/m0/s1. The topological polar surface area (TPSA) is 519 Å². The Bertz CT molecular complexity index is 2470. The predicted molar refractivity (Wildman–Crippen MR) is 280 cm³/mol. The average Bonchev–Trinajstić information content (AvgIpc) is 3.14. The smallest absolute Gasteiger partial charge is 0.305 e. The zero-order valence-corrected chi connectivity index (χ0v) is 47.7. The summed E-state index contributed by atoms with van der Waals surface area (Å²) in [7, 11) is 0. The number of carboxylic acids is 1. The Hall–Kier alpha value is -7.96. The number of likely N-dealkylation sites (tertiary alicyclic amines) is 1. The number of nitrogens with two attached hydrogens (primary N) is 4. The van der Waals surface area contributed by atoms with Crippen LogP contribution in [0.25, 0.3) is 0 Å². The molecule has 0 saturated carbocycles. The second-order valence-corrected chi connectivity index (χ2v) is 20.0. The van der Waals surface area contributed by atoms with E-state index in [-0.39, 0.29) is 44.7 Å². The largest absolute Gasteiger partial charge is 0.481 e. The molecule has 13 N–H and O–H groups in total. The van der Waals surface area contributed by atoms with Crippen LogP contribution in [0.15, 0.2) is 4.99 Å². The van der Waals surface area contributed by atoms with Crippen LogP contribution in [-0.4, -0.2) is 229 Å². The van der Waals surface area contributed by atoms with E-state index in [9.17, 15) is 72.2 Å². The number of aliphatic imine (C=N–C) groups is 1. The number of nitrogens with one attached hydrogen (secondary N) is 4. The van der Waals surface area contributed by atoms with E-state index in [0.29, 0.717) is 11.8 Å². The van der Waals surface area contributed by atoms with E-state index < -0.39 is 206 Å². The van der Waals surface area contributed by atoms with Gasteiger partial charge in [-0.05, 0) is 25.7 Å². The highest BCUT2D eigenvalue weighted by molar-refractivity contribution is 7.99. The van der Waals surface area contributed by atoms with Crippen LogP contribution in [0.2, 0.25) is 0 Å². The number of esters is 7. The Morgan fingerprint density at radius 2 is 1.15 bits per heavy atom. The third-order valence-electron chi connectivity index (χ3n) is 12.0. The van der Waals surface area contributed by atoms with Crippen molar-refractivity contribution in [1.82, 2.24) is 26.2 Å². The van der Waals surface area contributed by atoms with E-state index in [2.05, 4.69) is 26.3 Å². The van der Waals surface area contributed by atoms with Gasteiger partial charge in [0.25, 0.3) is 0 Å². The molecular formula is C48H72N10O25S. The molecule has 0 spiro atoms. The van der Waals surface area contributed by atoms with Crippen LogP contribution in [0.1, 0.15) is 80.6 Å². The summed E-state index contributed by atoms with van der Waals surface area (Å²) in [5.74, 6) is -15.4. The average molecular weight is 1220 g/mol. The van der Waals surface area contributed by atoms with Crippen molar-refractivity contribution in [2.75, 3.05) is 45.1 Å². The van der Waals surface area contributed by atoms with Crippen molar-refractivity contribution < 1.29 is 120 Å². The fourth-order valence-corrected chi connectivity index (χ4v) is 9.95. The van der Waals surface area contributed by atoms with Crippen LogP contribution in [0.3, 0.4) is 0 Å². The van der Waals surface area contributed by atoms with Crippen LogP contribution >= 0.6 is 11.8 Å². The molecule has 3 heterocycles. The van der Waals surface area contributed by atoms with E-state index in [1.807, 2.05) is 0 Å². The van der Waals surface area contributed by atoms with Crippen molar-refractivity contribution in [3.63, 3.8) is 0 Å². The van der Waals surface area contributed by atoms with Gasteiger partial charge in [-0.15, -0.1) is 11.8 Å². The molecule has 0 radical (unpaired) electrons. The molecule has 0 aliphatic carbocycles. The van der Waals surface area contributed by atoms with Gasteiger partial charge in [0.05, 0.1) is 19.5 Å². The molecule has 470 valence electrons. The molecule has 3 rings (SSSR count). The van der Waals surface area contributed by atoms with E-state index >= 15 is 0 Å². The number of guanidine groups is 1. The van der Waals surface area contributed by atoms with Crippen molar-refractivity contribution in [3.05, 3.63) is 0 Å². The number of carbonyl (C=O) groups is 14. The van der Waals surface area contributed by atoms with Gasteiger partial charge in [0.15, 0.2) is 42.8 Å². The molecule has 3 aliphatic rings. The van der Waals surface area contributed by atoms with Gasteiger partial charge in [-0.3, -0.25) is 72.1 Å². The maximum atomic E-state index is 14.6. The Morgan fingerprint density at radius 1 is 0.631 bits per heavy atom. The van der Waals surface area contributed by atoms with Crippen LogP contribution < -0.4 is 44.2 Å². The van der Waals surface area contributed by atoms with Gasteiger partial charge >= 0.3 is 47.8 Å². The Balaban J connectivity index is 2.12. The molecule has 14 atom stereocenters. The molecule has 0 aromatic rings. The summed E-state index contributed by atoms with van der Waals surface area (Å²) in [5, 5.41) is 19.1. The van der Waals surface area contributed by atoms with Crippen molar-refractivity contribution in [3.8, 4) is 0 Å². The van der Waals surface area contributed by atoms with Crippen molar-refractivity contribution in [2.45, 2.75) is 165 Å². The first kappa shape index (κ1) is 70.3. The summed E-state index contributed by atoms with van der Waals surface area (Å²) in [6, 6.07) is -6.26. The van der Waals surface area contributed by atoms with Gasteiger partial charge < -0.3 is 102 Å². The summed E-state index contributed by atoms with van der Waals surface area (Å²) in [4.78, 5) is 185. The molecule has 3 aliphatic heterocycles. The maximum absolute atomic E-state index is 14.6. The Labute approximate surface area is 483 Å². The third kappa shape index (κ3) is 23.0. The number of hydrogen-bond donors (Lipinski definition) is 9. The van der Waals surface area contributed by atoms with Crippen molar-refractivity contribution in [2.24, 2.45) is 27.9 Å². The SMILES string of the molecule is CC(=O)OC[C@H]1O[C@@H](O[C@H]2[C@H](OC(C)=O)[C@@H](OC(C)=O)[C@H](SC[C@H](NC(=O)[C@H](CC(=O)O)NC(=O)CNC(=O)[C@H](CCCN=C(N)N)NC(=O)CN)C(=O)N3CCC[C@H]3C(N)=O)O[C@@H]2COC(C)=O)[C@H](OC(C)=O)[C@@H](OC(C)=O)[C@H]1OC(C)=O. The third-order valence-corrected chi connectivity index (χ3v) is 13.3. The number of carboxylic acid groups (broad SMARTS) is 1. The van der Waals surface area contributed by atoms with Gasteiger partial charge in [-0.1, -0.05) is 0 Å².